The van der Waals surface area contributed by atoms with Gasteiger partial charge in [0.15, 0.2) is 0 Å². The summed E-state index contributed by atoms with van der Waals surface area (Å²) in [6.45, 7) is 6.87. The summed E-state index contributed by atoms with van der Waals surface area (Å²) in [7, 11) is -3.72. The molecule has 0 bridgehead atoms. The van der Waals surface area contributed by atoms with Crippen molar-refractivity contribution in [1.82, 2.24) is 9.62 Å². The van der Waals surface area contributed by atoms with E-state index in [-0.39, 0.29) is 27.9 Å². The highest BCUT2D eigenvalue weighted by Crippen LogP contribution is 2.29. The summed E-state index contributed by atoms with van der Waals surface area (Å²) in [5.41, 5.74) is 0.247. The summed E-state index contributed by atoms with van der Waals surface area (Å²) in [4.78, 5) is 12.1. The van der Waals surface area contributed by atoms with Crippen LogP contribution in [0.4, 0.5) is 0 Å². The van der Waals surface area contributed by atoms with Crippen molar-refractivity contribution in [3.63, 3.8) is 0 Å². The monoisotopic (exact) mass is 434 g/mol. The van der Waals surface area contributed by atoms with Crippen LogP contribution in [0.2, 0.25) is 5.02 Å². The SMILES string of the molecule is C=C(Br)CNC(=O)c1ccc(Cl)c(S(=O)(=O)N2CCC[C@H](C)C2)c1. The van der Waals surface area contributed by atoms with Gasteiger partial charge in [-0.25, -0.2) is 8.42 Å². The summed E-state index contributed by atoms with van der Waals surface area (Å²) in [6.07, 6.45) is 1.84. The van der Waals surface area contributed by atoms with Crippen molar-refractivity contribution in [3.8, 4) is 0 Å². The Morgan fingerprint density at radius 1 is 1.50 bits per heavy atom. The minimum absolute atomic E-state index is 0.0245. The highest BCUT2D eigenvalue weighted by atomic mass is 79.9. The average Bonchev–Trinajstić information content (AvgIpc) is 2.52. The number of nitrogens with one attached hydrogen (secondary N) is 1. The third-order valence-electron chi connectivity index (χ3n) is 3.87. The summed E-state index contributed by atoms with van der Waals surface area (Å²) in [6, 6.07) is 4.29. The molecule has 0 radical (unpaired) electrons. The number of amides is 1. The Bertz CT molecular complexity index is 752. The average molecular weight is 436 g/mol. The third-order valence-corrected chi connectivity index (χ3v) is 6.50. The van der Waals surface area contributed by atoms with Crippen molar-refractivity contribution in [2.75, 3.05) is 19.6 Å². The second kappa shape index (κ2) is 7.99. The van der Waals surface area contributed by atoms with Gasteiger partial charge >= 0.3 is 0 Å². The van der Waals surface area contributed by atoms with Crippen LogP contribution in [0, 0.1) is 5.92 Å². The summed E-state index contributed by atoms with van der Waals surface area (Å²) in [5, 5.41) is 2.77. The van der Waals surface area contributed by atoms with Crippen molar-refractivity contribution in [2.45, 2.75) is 24.7 Å². The van der Waals surface area contributed by atoms with E-state index < -0.39 is 10.0 Å². The van der Waals surface area contributed by atoms with Crippen LogP contribution in [0.3, 0.4) is 0 Å². The van der Waals surface area contributed by atoms with Gasteiger partial charge < -0.3 is 5.32 Å². The number of carbonyl (C=O) groups excluding carboxylic acids is 1. The van der Waals surface area contributed by atoms with Crippen LogP contribution in [0.25, 0.3) is 0 Å². The fourth-order valence-corrected chi connectivity index (χ4v) is 4.86. The van der Waals surface area contributed by atoms with Crippen LogP contribution in [0.15, 0.2) is 34.2 Å². The number of hydrogen-bond donors (Lipinski definition) is 1. The molecule has 1 heterocycles. The number of carbonyl (C=O) groups is 1. The lowest BCUT2D eigenvalue weighted by Crippen LogP contribution is -2.39. The van der Waals surface area contributed by atoms with E-state index in [1.807, 2.05) is 6.92 Å². The molecule has 1 aromatic carbocycles. The molecule has 2 rings (SSSR count). The van der Waals surface area contributed by atoms with Gasteiger partial charge in [0.25, 0.3) is 5.91 Å². The normalized spacial score (nSPS) is 19.0. The molecule has 1 saturated heterocycles. The maximum absolute atomic E-state index is 12.9. The zero-order valence-corrected chi connectivity index (χ0v) is 16.5. The fraction of sp³-hybridized carbons (Fsp3) is 0.438. The Morgan fingerprint density at radius 3 is 2.83 bits per heavy atom. The second-order valence-electron chi connectivity index (χ2n) is 5.96. The highest BCUT2D eigenvalue weighted by molar-refractivity contribution is 9.11. The smallest absolute Gasteiger partial charge is 0.251 e. The van der Waals surface area contributed by atoms with E-state index >= 15 is 0 Å². The molecule has 0 unspecified atom stereocenters. The largest absolute Gasteiger partial charge is 0.347 e. The number of hydrogen-bond acceptors (Lipinski definition) is 3. The van der Waals surface area contributed by atoms with Crippen LogP contribution < -0.4 is 5.32 Å². The van der Waals surface area contributed by atoms with Gasteiger partial charge in [0.2, 0.25) is 10.0 Å². The van der Waals surface area contributed by atoms with E-state index in [2.05, 4.69) is 27.8 Å². The van der Waals surface area contributed by atoms with E-state index in [9.17, 15) is 13.2 Å². The molecule has 1 aliphatic rings. The molecule has 1 amide bonds. The van der Waals surface area contributed by atoms with Gasteiger partial charge in [0.1, 0.15) is 4.90 Å². The highest BCUT2D eigenvalue weighted by Gasteiger charge is 2.30. The van der Waals surface area contributed by atoms with Crippen molar-refractivity contribution in [3.05, 3.63) is 39.8 Å². The topological polar surface area (TPSA) is 66.5 Å². The lowest BCUT2D eigenvalue weighted by atomic mass is 10.0. The first-order chi connectivity index (χ1) is 11.2. The van der Waals surface area contributed by atoms with E-state index in [0.717, 1.165) is 12.8 Å². The Labute approximate surface area is 156 Å². The Balaban J connectivity index is 2.30. The molecule has 0 saturated carbocycles. The lowest BCUT2D eigenvalue weighted by Gasteiger charge is -2.30. The van der Waals surface area contributed by atoms with Gasteiger partial charge in [-0.15, -0.1) is 0 Å². The van der Waals surface area contributed by atoms with Crippen molar-refractivity contribution < 1.29 is 13.2 Å². The molecule has 1 aromatic rings. The molecule has 0 spiro atoms. The molecule has 1 N–H and O–H groups in total. The molecule has 5 nitrogen and oxygen atoms in total. The molecule has 132 valence electrons. The standard InChI is InChI=1S/C16H20BrClN2O3S/c1-11-4-3-7-20(10-11)24(22,23)15-8-13(5-6-14(15)18)16(21)19-9-12(2)17/h5-6,8,11H,2-4,7,9-10H2,1H3,(H,19,21)/t11-/m0/s1. The van der Waals surface area contributed by atoms with Gasteiger partial charge in [-0.2, -0.15) is 4.31 Å². The number of sulfonamides is 1. The van der Waals surface area contributed by atoms with Crippen molar-refractivity contribution in [2.24, 2.45) is 5.92 Å². The van der Waals surface area contributed by atoms with E-state index in [1.165, 1.54) is 22.5 Å². The van der Waals surface area contributed by atoms with Crippen molar-refractivity contribution >= 4 is 43.5 Å². The maximum Gasteiger partial charge on any atom is 0.251 e. The molecule has 0 aliphatic carbocycles. The van der Waals surface area contributed by atoms with Crippen LogP contribution in [0.1, 0.15) is 30.1 Å². The van der Waals surface area contributed by atoms with Crippen LogP contribution in [0.5, 0.6) is 0 Å². The number of rotatable bonds is 5. The summed E-state index contributed by atoms with van der Waals surface area (Å²) < 4.78 is 27.8. The van der Waals surface area contributed by atoms with E-state index in [1.54, 1.807) is 0 Å². The first-order valence-corrected chi connectivity index (χ1v) is 10.2. The van der Waals surface area contributed by atoms with Gasteiger partial charge in [-0.3, -0.25) is 4.79 Å². The molecular formula is C16H20BrClN2O3S. The maximum atomic E-state index is 12.9. The zero-order valence-electron chi connectivity index (χ0n) is 13.4. The van der Waals surface area contributed by atoms with Gasteiger partial charge in [-0.05, 0) is 37.0 Å². The minimum Gasteiger partial charge on any atom is -0.347 e. The van der Waals surface area contributed by atoms with Gasteiger partial charge in [0, 0.05) is 29.7 Å². The Morgan fingerprint density at radius 2 is 2.21 bits per heavy atom. The number of nitrogens with zero attached hydrogens (tertiary/aromatic N) is 1. The molecule has 0 aromatic heterocycles. The Kier molecular flexibility index (Phi) is 6.47. The minimum atomic E-state index is -3.72. The van der Waals surface area contributed by atoms with E-state index in [0.29, 0.717) is 23.5 Å². The van der Waals surface area contributed by atoms with Crippen molar-refractivity contribution in [1.29, 1.82) is 0 Å². The summed E-state index contributed by atoms with van der Waals surface area (Å²) in [5.74, 6) is -0.0700. The first kappa shape index (κ1) is 19.4. The molecule has 24 heavy (non-hydrogen) atoms. The van der Waals surface area contributed by atoms with Gasteiger partial charge in [0.05, 0.1) is 5.02 Å². The number of piperidine rings is 1. The second-order valence-corrected chi connectivity index (χ2v) is 9.39. The quantitative estimate of drug-likeness (QED) is 0.771. The molecule has 1 atom stereocenters. The molecule has 8 heteroatoms. The van der Waals surface area contributed by atoms with Crippen LogP contribution >= 0.6 is 27.5 Å². The Hall–Kier alpha value is -0.890. The molecule has 1 fully saturated rings. The summed E-state index contributed by atoms with van der Waals surface area (Å²) >= 11 is 9.27. The zero-order chi connectivity index (χ0) is 17.9. The molecule has 1 aliphatic heterocycles. The predicted molar refractivity (Wildman–Crippen MR) is 99.0 cm³/mol. The molecular weight excluding hydrogens is 416 g/mol. The third kappa shape index (κ3) is 4.59. The number of halogens is 2. The first-order valence-electron chi connectivity index (χ1n) is 7.63. The lowest BCUT2D eigenvalue weighted by molar-refractivity contribution is 0.0957. The number of benzene rings is 1. The van der Waals surface area contributed by atoms with Gasteiger partial charge in [-0.1, -0.05) is 41.0 Å². The fourth-order valence-electron chi connectivity index (χ4n) is 2.62. The van der Waals surface area contributed by atoms with E-state index in [4.69, 9.17) is 11.6 Å². The van der Waals surface area contributed by atoms with Crippen LogP contribution in [-0.2, 0) is 10.0 Å². The predicted octanol–water partition coefficient (Wildman–Crippen LogP) is 3.40. The van der Waals surface area contributed by atoms with Crippen LogP contribution in [-0.4, -0.2) is 38.3 Å².